The van der Waals surface area contributed by atoms with Crippen LogP contribution in [0.2, 0.25) is 0 Å². The Kier molecular flexibility index (Phi) is 7.27. The molecule has 1 aliphatic rings. The van der Waals surface area contributed by atoms with E-state index in [1.165, 1.54) is 20.0 Å². The lowest BCUT2D eigenvalue weighted by molar-refractivity contribution is -0.124. The quantitative estimate of drug-likeness (QED) is 0.699. The minimum absolute atomic E-state index is 0.0683. The first kappa shape index (κ1) is 21.6. The molecule has 0 bridgehead atoms. The number of carbonyl (C=O) groups is 2. The fourth-order valence-corrected chi connectivity index (χ4v) is 3.58. The average Bonchev–Trinajstić information content (AvgIpc) is 3.30. The molecule has 1 aliphatic heterocycles. The van der Waals surface area contributed by atoms with Crippen molar-refractivity contribution < 1.29 is 14.3 Å². The van der Waals surface area contributed by atoms with Crippen LogP contribution in [0.3, 0.4) is 0 Å². The Morgan fingerprint density at radius 1 is 1.17 bits per heavy atom. The number of methoxy groups -OCH3 is 1. The molecule has 1 atom stereocenters. The maximum Gasteiger partial charge on any atom is 0.255 e. The molecule has 1 aromatic heterocycles. The van der Waals surface area contributed by atoms with Gasteiger partial charge < -0.3 is 20.3 Å². The number of para-hydroxylation sites is 1. The molecule has 0 spiro atoms. The predicted molar refractivity (Wildman–Crippen MR) is 117 cm³/mol. The lowest BCUT2D eigenvalue weighted by Gasteiger charge is -2.22. The molecule has 2 aromatic rings. The van der Waals surface area contributed by atoms with E-state index in [0.29, 0.717) is 17.9 Å². The van der Waals surface area contributed by atoms with Crippen LogP contribution in [0.25, 0.3) is 0 Å². The summed E-state index contributed by atoms with van der Waals surface area (Å²) in [6.07, 6.45) is 4.15. The highest BCUT2D eigenvalue weighted by molar-refractivity contribution is 5.99. The molecule has 1 fully saturated rings. The first-order valence-electron chi connectivity index (χ1n) is 10.4. The van der Waals surface area contributed by atoms with Crippen molar-refractivity contribution in [3.8, 4) is 5.75 Å². The number of nitrogens with zero attached hydrogens (tertiary/aromatic N) is 2. The smallest absolute Gasteiger partial charge is 0.255 e. The van der Waals surface area contributed by atoms with E-state index in [0.717, 1.165) is 24.5 Å². The van der Waals surface area contributed by atoms with Crippen LogP contribution in [-0.4, -0.2) is 43.0 Å². The van der Waals surface area contributed by atoms with E-state index in [1.807, 2.05) is 26.0 Å². The topological polar surface area (TPSA) is 83.6 Å². The van der Waals surface area contributed by atoms with Crippen LogP contribution in [0, 0.1) is 5.92 Å². The zero-order chi connectivity index (χ0) is 21.5. The van der Waals surface area contributed by atoms with Gasteiger partial charge in [0.05, 0.1) is 12.7 Å². The monoisotopic (exact) mass is 410 g/mol. The SMILES string of the molecule is COc1ccccc1C(=O)NC(C(=O)NCc1ccnc(N2CCCC2)c1)C(C)C. The van der Waals surface area contributed by atoms with E-state index < -0.39 is 6.04 Å². The Morgan fingerprint density at radius 3 is 2.60 bits per heavy atom. The van der Waals surface area contributed by atoms with Crippen LogP contribution in [0.1, 0.15) is 42.6 Å². The number of amides is 2. The molecular weight excluding hydrogens is 380 g/mol. The normalized spacial score (nSPS) is 14.5. The largest absolute Gasteiger partial charge is 0.496 e. The minimum Gasteiger partial charge on any atom is -0.496 e. The van der Waals surface area contributed by atoms with Gasteiger partial charge in [0.1, 0.15) is 17.6 Å². The standard InChI is InChI=1S/C23H30N4O3/c1-16(2)21(26-22(28)18-8-4-5-9-19(18)30-3)23(29)25-15-17-10-11-24-20(14-17)27-12-6-7-13-27/h4-5,8-11,14,16,21H,6-7,12-13,15H2,1-3H3,(H,25,29)(H,26,28). The van der Waals surface area contributed by atoms with Crippen molar-refractivity contribution in [3.05, 3.63) is 53.7 Å². The summed E-state index contributed by atoms with van der Waals surface area (Å²) in [5, 5.41) is 5.80. The van der Waals surface area contributed by atoms with Gasteiger partial charge in [-0.3, -0.25) is 9.59 Å². The van der Waals surface area contributed by atoms with E-state index in [9.17, 15) is 9.59 Å². The van der Waals surface area contributed by atoms with Gasteiger partial charge in [-0.15, -0.1) is 0 Å². The van der Waals surface area contributed by atoms with Gasteiger partial charge in [-0.25, -0.2) is 4.98 Å². The van der Waals surface area contributed by atoms with Crippen LogP contribution in [-0.2, 0) is 11.3 Å². The number of ether oxygens (including phenoxy) is 1. The zero-order valence-electron chi connectivity index (χ0n) is 17.9. The minimum atomic E-state index is -0.651. The van der Waals surface area contributed by atoms with Gasteiger partial charge in [-0.1, -0.05) is 26.0 Å². The molecule has 2 N–H and O–H groups in total. The molecule has 160 valence electrons. The summed E-state index contributed by atoms with van der Waals surface area (Å²) < 4.78 is 5.26. The van der Waals surface area contributed by atoms with Crippen LogP contribution < -0.4 is 20.3 Å². The average molecular weight is 411 g/mol. The van der Waals surface area contributed by atoms with Crippen molar-refractivity contribution in [3.63, 3.8) is 0 Å². The van der Waals surface area contributed by atoms with E-state index in [2.05, 4.69) is 20.5 Å². The van der Waals surface area contributed by atoms with Gasteiger partial charge in [0.15, 0.2) is 0 Å². The summed E-state index contributed by atoms with van der Waals surface area (Å²) in [5.74, 6) is 0.809. The van der Waals surface area contributed by atoms with Crippen molar-refractivity contribution >= 4 is 17.6 Å². The Labute approximate surface area is 177 Å². The van der Waals surface area contributed by atoms with Gasteiger partial charge >= 0.3 is 0 Å². The molecule has 3 rings (SSSR count). The second-order valence-corrected chi connectivity index (χ2v) is 7.83. The van der Waals surface area contributed by atoms with Gasteiger partial charge in [0.25, 0.3) is 5.91 Å². The summed E-state index contributed by atoms with van der Waals surface area (Å²) >= 11 is 0. The van der Waals surface area contributed by atoms with Gasteiger partial charge in [0, 0.05) is 25.8 Å². The van der Waals surface area contributed by atoms with Crippen LogP contribution in [0.5, 0.6) is 5.75 Å². The fourth-order valence-electron chi connectivity index (χ4n) is 3.58. The van der Waals surface area contributed by atoms with E-state index in [1.54, 1.807) is 30.5 Å². The van der Waals surface area contributed by atoms with Crippen molar-refractivity contribution in [2.24, 2.45) is 5.92 Å². The second-order valence-electron chi connectivity index (χ2n) is 7.83. The summed E-state index contributed by atoms with van der Waals surface area (Å²) in [4.78, 5) is 32.3. The molecule has 2 amide bonds. The third-order valence-corrected chi connectivity index (χ3v) is 5.29. The molecule has 2 heterocycles. The molecule has 7 heteroatoms. The number of benzene rings is 1. The third-order valence-electron chi connectivity index (χ3n) is 5.29. The first-order chi connectivity index (χ1) is 14.5. The van der Waals surface area contributed by atoms with Crippen LogP contribution in [0.15, 0.2) is 42.6 Å². The molecule has 7 nitrogen and oxygen atoms in total. The van der Waals surface area contributed by atoms with Gasteiger partial charge in [0.2, 0.25) is 5.91 Å². The maximum atomic E-state index is 12.8. The number of hydrogen-bond donors (Lipinski definition) is 2. The Morgan fingerprint density at radius 2 is 1.90 bits per heavy atom. The zero-order valence-corrected chi connectivity index (χ0v) is 17.9. The lowest BCUT2D eigenvalue weighted by Crippen LogP contribution is -2.49. The highest BCUT2D eigenvalue weighted by atomic mass is 16.5. The predicted octanol–water partition coefficient (Wildman–Crippen LogP) is 2.76. The number of nitrogens with one attached hydrogen (secondary N) is 2. The molecule has 1 aromatic carbocycles. The second kappa shape index (κ2) is 10.1. The van der Waals surface area contributed by atoms with E-state index >= 15 is 0 Å². The highest BCUT2D eigenvalue weighted by Crippen LogP contribution is 2.19. The third kappa shape index (κ3) is 5.28. The summed E-state index contributed by atoms with van der Waals surface area (Å²) in [6, 6.07) is 10.2. The van der Waals surface area contributed by atoms with Crippen molar-refractivity contribution in [2.45, 2.75) is 39.3 Å². The summed E-state index contributed by atoms with van der Waals surface area (Å²) in [7, 11) is 1.52. The molecule has 0 radical (unpaired) electrons. The number of rotatable bonds is 8. The van der Waals surface area contributed by atoms with E-state index in [4.69, 9.17) is 4.74 Å². The van der Waals surface area contributed by atoms with E-state index in [-0.39, 0.29) is 17.7 Å². The summed E-state index contributed by atoms with van der Waals surface area (Å²) in [6.45, 7) is 6.24. The highest BCUT2D eigenvalue weighted by Gasteiger charge is 2.25. The van der Waals surface area contributed by atoms with Gasteiger partial charge in [-0.05, 0) is 48.6 Å². The Bertz CT molecular complexity index is 878. The molecule has 1 unspecified atom stereocenters. The molecule has 30 heavy (non-hydrogen) atoms. The van der Waals surface area contributed by atoms with Crippen LogP contribution >= 0.6 is 0 Å². The van der Waals surface area contributed by atoms with Crippen molar-refractivity contribution in [2.75, 3.05) is 25.1 Å². The fraction of sp³-hybridized carbons (Fsp3) is 0.435. The van der Waals surface area contributed by atoms with Crippen molar-refractivity contribution in [1.29, 1.82) is 0 Å². The number of pyridine rings is 1. The number of hydrogen-bond acceptors (Lipinski definition) is 5. The number of carbonyl (C=O) groups excluding carboxylic acids is 2. The molecular formula is C23H30N4O3. The Hall–Kier alpha value is -3.09. The Balaban J connectivity index is 1.63. The van der Waals surface area contributed by atoms with Crippen LogP contribution in [0.4, 0.5) is 5.82 Å². The maximum absolute atomic E-state index is 12.8. The van der Waals surface area contributed by atoms with Crippen molar-refractivity contribution in [1.82, 2.24) is 15.6 Å². The molecule has 0 aliphatic carbocycles. The number of anilines is 1. The number of aromatic nitrogens is 1. The molecule has 1 saturated heterocycles. The van der Waals surface area contributed by atoms with Gasteiger partial charge in [-0.2, -0.15) is 0 Å². The molecule has 0 saturated carbocycles. The first-order valence-corrected chi connectivity index (χ1v) is 10.4. The summed E-state index contributed by atoms with van der Waals surface area (Å²) in [5.41, 5.74) is 1.39. The lowest BCUT2D eigenvalue weighted by atomic mass is 10.0.